The fourth-order valence-electron chi connectivity index (χ4n) is 2.67. The molecule has 2 N–H and O–H groups in total. The van der Waals surface area contributed by atoms with Gasteiger partial charge in [0.1, 0.15) is 0 Å². The van der Waals surface area contributed by atoms with E-state index in [1.54, 1.807) is 17.6 Å². The van der Waals surface area contributed by atoms with Crippen LogP contribution in [-0.4, -0.2) is 70.4 Å². The first kappa shape index (κ1) is 20.9. The van der Waals surface area contributed by atoms with E-state index in [9.17, 15) is 13.8 Å². The van der Waals surface area contributed by atoms with Gasteiger partial charge in [0.25, 0.3) is 0 Å². The Morgan fingerprint density at radius 2 is 2.00 bits per heavy atom. The summed E-state index contributed by atoms with van der Waals surface area (Å²) < 4.78 is 13.2. The number of amides is 3. The molecule has 0 aromatic rings. The minimum absolute atomic E-state index is 0.00256. The van der Waals surface area contributed by atoms with Crippen molar-refractivity contribution in [3.05, 3.63) is 0 Å². The van der Waals surface area contributed by atoms with Gasteiger partial charge < -0.3 is 15.5 Å². The summed E-state index contributed by atoms with van der Waals surface area (Å²) in [6.07, 6.45) is 3.64. The van der Waals surface area contributed by atoms with Crippen LogP contribution in [0.2, 0.25) is 0 Å². The average molecular weight is 361 g/mol. The average Bonchev–Trinajstić information content (AvgIpc) is 2.89. The Morgan fingerprint density at radius 1 is 1.38 bits per heavy atom. The maximum Gasteiger partial charge on any atom is 0.315 e. The number of likely N-dealkylation sites (tertiary alicyclic amines) is 1. The highest BCUT2D eigenvalue weighted by Crippen LogP contribution is 2.20. The first-order valence-electron chi connectivity index (χ1n) is 8.41. The third-order valence-electron chi connectivity index (χ3n) is 4.50. The van der Waals surface area contributed by atoms with Gasteiger partial charge in [-0.15, -0.1) is 0 Å². The van der Waals surface area contributed by atoms with E-state index in [0.29, 0.717) is 6.54 Å². The van der Waals surface area contributed by atoms with Crippen molar-refractivity contribution in [1.82, 2.24) is 19.8 Å². The summed E-state index contributed by atoms with van der Waals surface area (Å²) in [6, 6.07) is -0.310. The molecule has 1 saturated heterocycles. The molecule has 1 rings (SSSR count). The predicted molar refractivity (Wildman–Crippen MR) is 96.9 cm³/mol. The van der Waals surface area contributed by atoms with Crippen molar-refractivity contribution in [2.75, 3.05) is 32.9 Å². The lowest BCUT2D eigenvalue weighted by Crippen LogP contribution is -2.54. The van der Waals surface area contributed by atoms with Crippen molar-refractivity contribution in [3.63, 3.8) is 0 Å². The van der Waals surface area contributed by atoms with E-state index >= 15 is 0 Å². The van der Waals surface area contributed by atoms with Gasteiger partial charge in [0, 0.05) is 31.4 Å². The van der Waals surface area contributed by atoms with E-state index in [4.69, 9.17) is 0 Å². The Morgan fingerprint density at radius 3 is 2.46 bits per heavy atom. The summed E-state index contributed by atoms with van der Waals surface area (Å²) in [7, 11) is 0.660. The summed E-state index contributed by atoms with van der Waals surface area (Å²) >= 11 is 0. The topological polar surface area (TPSA) is 81.8 Å². The van der Waals surface area contributed by atoms with Crippen LogP contribution in [0.25, 0.3) is 0 Å². The Balaban J connectivity index is 2.52. The first-order valence-corrected chi connectivity index (χ1v) is 9.92. The van der Waals surface area contributed by atoms with Crippen molar-refractivity contribution in [1.29, 1.82) is 0 Å². The summed E-state index contributed by atoms with van der Waals surface area (Å²) in [5.74, 6) is -0.0470. The Bertz CT molecular complexity index is 478. The Kier molecular flexibility index (Phi) is 7.66. The van der Waals surface area contributed by atoms with Gasteiger partial charge in [-0.2, -0.15) is 0 Å². The fourth-order valence-corrected chi connectivity index (χ4v) is 3.03. The zero-order valence-corrected chi connectivity index (χ0v) is 16.5. The van der Waals surface area contributed by atoms with Crippen LogP contribution < -0.4 is 10.6 Å². The fraction of sp³-hybridized carbons (Fsp3) is 0.875. The molecule has 0 spiro atoms. The summed E-state index contributed by atoms with van der Waals surface area (Å²) in [4.78, 5) is 26.1. The lowest BCUT2D eigenvalue weighted by atomic mass is 9.87. The number of nitrogens with zero attached hydrogens (tertiary/aromatic N) is 2. The number of carbonyl (C=O) groups excluding carboxylic acids is 2. The van der Waals surface area contributed by atoms with Gasteiger partial charge in [-0.25, -0.2) is 13.3 Å². The van der Waals surface area contributed by atoms with Crippen LogP contribution in [0.1, 0.15) is 40.5 Å². The molecule has 0 saturated carbocycles. The lowest BCUT2D eigenvalue weighted by Gasteiger charge is -2.33. The third-order valence-corrected chi connectivity index (χ3v) is 5.53. The zero-order chi connectivity index (χ0) is 18.5. The van der Waals surface area contributed by atoms with Crippen molar-refractivity contribution in [2.45, 2.75) is 52.6 Å². The van der Waals surface area contributed by atoms with E-state index in [1.807, 2.05) is 32.6 Å². The standard InChI is InChI=1S/C16H32N4O3S/c1-12-8-7-9-20(12)14(21)10-17-15(22)18-13(16(2,3)4)11-19(5)24(6)23/h12-13H,7-11H2,1-6H3,(H2,17,18,22)/t12-,13-,24?/m1/s1. The predicted octanol–water partition coefficient (Wildman–Crippen LogP) is 0.937. The molecular weight excluding hydrogens is 328 g/mol. The van der Waals surface area contributed by atoms with Gasteiger partial charge in [0.15, 0.2) is 0 Å². The van der Waals surface area contributed by atoms with E-state index in [1.165, 1.54) is 0 Å². The molecule has 1 heterocycles. The molecular formula is C16H32N4O3S. The maximum absolute atomic E-state index is 12.2. The SMILES string of the molecule is C[C@@H]1CCCN1C(=O)CNC(=O)N[C@H](CN(C)S(C)=O)C(C)(C)C. The number of carbonyl (C=O) groups is 2. The molecule has 0 aliphatic carbocycles. The van der Waals surface area contributed by atoms with Crippen LogP contribution in [0.15, 0.2) is 0 Å². The van der Waals surface area contributed by atoms with Crippen molar-refractivity contribution in [2.24, 2.45) is 5.41 Å². The molecule has 1 unspecified atom stereocenters. The first-order chi connectivity index (χ1) is 11.0. The molecule has 1 aliphatic rings. The highest BCUT2D eigenvalue weighted by molar-refractivity contribution is 7.81. The van der Waals surface area contributed by atoms with E-state index in [-0.39, 0.29) is 36.0 Å². The van der Waals surface area contributed by atoms with E-state index < -0.39 is 11.0 Å². The normalized spacial score (nSPS) is 20.8. The quantitative estimate of drug-likeness (QED) is 0.739. The summed E-state index contributed by atoms with van der Waals surface area (Å²) in [5, 5.41) is 5.55. The minimum atomic E-state index is -1.10. The highest BCUT2D eigenvalue weighted by Gasteiger charge is 2.29. The molecule has 0 aromatic carbocycles. The number of nitrogens with one attached hydrogen (secondary N) is 2. The molecule has 1 aliphatic heterocycles. The molecule has 140 valence electrons. The van der Waals surface area contributed by atoms with Crippen molar-refractivity contribution >= 4 is 22.9 Å². The number of hydrogen-bond donors (Lipinski definition) is 2. The van der Waals surface area contributed by atoms with Crippen LogP contribution in [0.4, 0.5) is 4.79 Å². The Labute approximate surface area is 148 Å². The summed E-state index contributed by atoms with van der Waals surface area (Å²) in [5.41, 5.74) is -0.196. The van der Waals surface area contributed by atoms with Gasteiger partial charge in [-0.05, 0) is 32.2 Å². The van der Waals surface area contributed by atoms with Gasteiger partial charge in [0.05, 0.1) is 17.5 Å². The van der Waals surface area contributed by atoms with Gasteiger partial charge in [0.2, 0.25) is 5.91 Å². The van der Waals surface area contributed by atoms with Crippen LogP contribution in [0, 0.1) is 5.41 Å². The Hall–Kier alpha value is -1.15. The van der Waals surface area contributed by atoms with Gasteiger partial charge in [-0.3, -0.25) is 4.79 Å². The second kappa shape index (κ2) is 8.80. The van der Waals surface area contributed by atoms with Crippen molar-refractivity contribution < 1.29 is 13.8 Å². The van der Waals surface area contributed by atoms with E-state index in [0.717, 1.165) is 19.4 Å². The van der Waals surface area contributed by atoms with E-state index in [2.05, 4.69) is 10.6 Å². The molecule has 0 radical (unpaired) electrons. The molecule has 0 bridgehead atoms. The number of urea groups is 1. The zero-order valence-electron chi connectivity index (χ0n) is 15.7. The number of likely N-dealkylation sites (N-methyl/N-ethyl adjacent to an activating group) is 1. The summed E-state index contributed by atoms with van der Waals surface area (Å²) in [6.45, 7) is 9.31. The molecule has 3 atom stereocenters. The van der Waals surface area contributed by atoms with Crippen LogP contribution in [0.3, 0.4) is 0 Å². The van der Waals surface area contributed by atoms with Crippen LogP contribution in [0.5, 0.6) is 0 Å². The smallest absolute Gasteiger partial charge is 0.315 e. The molecule has 7 nitrogen and oxygen atoms in total. The van der Waals surface area contributed by atoms with Crippen molar-refractivity contribution in [3.8, 4) is 0 Å². The monoisotopic (exact) mass is 360 g/mol. The van der Waals surface area contributed by atoms with Crippen LogP contribution >= 0.6 is 0 Å². The van der Waals surface area contributed by atoms with Gasteiger partial charge in [-0.1, -0.05) is 20.8 Å². The molecule has 0 aromatic heterocycles. The molecule has 3 amide bonds. The highest BCUT2D eigenvalue weighted by atomic mass is 32.2. The second-order valence-corrected chi connectivity index (χ2v) is 9.03. The number of hydrogen-bond acceptors (Lipinski definition) is 3. The minimum Gasteiger partial charge on any atom is -0.338 e. The second-order valence-electron chi connectivity index (χ2n) is 7.56. The molecule has 8 heteroatoms. The van der Waals surface area contributed by atoms with Crippen LogP contribution in [-0.2, 0) is 15.8 Å². The largest absolute Gasteiger partial charge is 0.338 e. The number of rotatable bonds is 6. The lowest BCUT2D eigenvalue weighted by molar-refractivity contribution is -0.130. The third kappa shape index (κ3) is 6.39. The maximum atomic E-state index is 12.2. The molecule has 24 heavy (non-hydrogen) atoms. The molecule has 1 fully saturated rings. The van der Waals surface area contributed by atoms with Gasteiger partial charge >= 0.3 is 6.03 Å².